The number of aliphatic carboxylic acids is 2. The molecule has 3 aromatic carbocycles. The Morgan fingerprint density at radius 3 is 2.10 bits per heavy atom. The second kappa shape index (κ2) is 17.0. The number of amides is 1. The molecule has 1 saturated heterocycles. The smallest absolute Gasteiger partial charge is 0.414 e. The third-order valence-electron chi connectivity index (χ3n) is 7.44. The molecule has 0 radical (unpaired) electrons. The fourth-order valence-corrected chi connectivity index (χ4v) is 6.42. The van der Waals surface area contributed by atoms with Crippen molar-refractivity contribution in [2.75, 3.05) is 32.8 Å². The SMILES string of the molecule is CC(COc1ccc(-c2sc3ccccc3c2Cc2ccc(OCCN3CCCC3)cc2)cc1)NC(=O)OC(C)(C)C.O=C(O)C(=O)O. The van der Waals surface area contributed by atoms with E-state index in [4.69, 9.17) is 34.0 Å². The molecule has 1 unspecified atom stereocenters. The Morgan fingerprint density at radius 1 is 0.875 bits per heavy atom. The molecule has 1 aliphatic heterocycles. The molecule has 48 heavy (non-hydrogen) atoms. The number of ether oxygens (including phenoxy) is 3. The second-order valence-corrected chi connectivity index (χ2v) is 13.7. The van der Waals surface area contributed by atoms with Crippen molar-refractivity contribution in [3.63, 3.8) is 0 Å². The van der Waals surface area contributed by atoms with Crippen LogP contribution >= 0.6 is 11.3 Å². The standard InChI is InChI=1S/C35H42N2O4S.C2H2O4/c1-25(36-34(38)41-35(2,3)4)24-40-29-17-13-27(14-18-29)33-31(30-9-5-6-10-32(30)42-33)23-26-11-15-28(16-12-26)39-22-21-37-19-7-8-20-37;3-1(4)2(5)6/h5-6,9-18,25H,7-8,19-24H2,1-4H3,(H,36,38);(H,3,4)(H,5,6). The van der Waals surface area contributed by atoms with E-state index in [2.05, 4.69) is 70.9 Å². The fourth-order valence-electron chi connectivity index (χ4n) is 5.19. The lowest BCUT2D eigenvalue weighted by molar-refractivity contribution is -0.159. The Hall–Kier alpha value is -4.61. The first kappa shape index (κ1) is 36.2. The molecule has 1 amide bonds. The minimum absolute atomic E-state index is 0.185. The van der Waals surface area contributed by atoms with Gasteiger partial charge < -0.3 is 29.7 Å². The van der Waals surface area contributed by atoms with Crippen molar-refractivity contribution < 1.29 is 38.8 Å². The summed E-state index contributed by atoms with van der Waals surface area (Å²) >= 11 is 1.83. The second-order valence-electron chi connectivity index (χ2n) is 12.6. The Labute approximate surface area is 285 Å². The number of carbonyl (C=O) groups excluding carboxylic acids is 1. The molecular formula is C37H44N2O8S. The Balaban J connectivity index is 0.000000794. The van der Waals surface area contributed by atoms with Crippen LogP contribution in [0.4, 0.5) is 4.79 Å². The van der Waals surface area contributed by atoms with Gasteiger partial charge in [-0.2, -0.15) is 0 Å². The molecule has 0 saturated carbocycles. The van der Waals surface area contributed by atoms with Crippen molar-refractivity contribution in [3.05, 3.63) is 83.9 Å². The van der Waals surface area contributed by atoms with E-state index in [0.717, 1.165) is 31.1 Å². The number of alkyl carbamates (subject to hydrolysis) is 1. The zero-order chi connectivity index (χ0) is 34.7. The largest absolute Gasteiger partial charge is 0.492 e. The van der Waals surface area contributed by atoms with Gasteiger partial charge in [0.05, 0.1) is 6.04 Å². The van der Waals surface area contributed by atoms with Gasteiger partial charge in [-0.1, -0.05) is 30.3 Å². The van der Waals surface area contributed by atoms with Crippen LogP contribution in [-0.4, -0.2) is 77.6 Å². The number of fused-ring (bicyclic) bond motifs is 1. The van der Waals surface area contributed by atoms with Crippen LogP contribution in [0.5, 0.6) is 11.5 Å². The highest BCUT2D eigenvalue weighted by Gasteiger charge is 2.18. The normalized spacial score (nSPS) is 13.7. The number of rotatable bonds is 11. The molecule has 3 N–H and O–H groups in total. The Bertz CT molecular complexity index is 1640. The van der Waals surface area contributed by atoms with Crippen molar-refractivity contribution in [1.29, 1.82) is 0 Å². The van der Waals surface area contributed by atoms with Crippen LogP contribution in [0.15, 0.2) is 72.8 Å². The summed E-state index contributed by atoms with van der Waals surface area (Å²) in [4.78, 5) is 34.0. The number of thiophene rings is 1. The molecule has 1 aromatic heterocycles. The Kier molecular flexibility index (Phi) is 12.8. The maximum absolute atomic E-state index is 12.0. The zero-order valence-corrected chi connectivity index (χ0v) is 28.7. The first-order chi connectivity index (χ1) is 22.9. The van der Waals surface area contributed by atoms with Gasteiger partial charge in [-0.3, -0.25) is 4.90 Å². The van der Waals surface area contributed by atoms with E-state index in [9.17, 15) is 4.79 Å². The van der Waals surface area contributed by atoms with Gasteiger partial charge in [-0.15, -0.1) is 11.3 Å². The average Bonchev–Trinajstić information content (AvgIpc) is 3.69. The summed E-state index contributed by atoms with van der Waals surface area (Å²) < 4.78 is 18.6. The number of benzene rings is 3. The summed E-state index contributed by atoms with van der Waals surface area (Å²) in [6.45, 7) is 11.9. The quantitative estimate of drug-likeness (QED) is 0.143. The molecule has 0 aliphatic carbocycles. The van der Waals surface area contributed by atoms with Crippen LogP contribution in [0.2, 0.25) is 0 Å². The molecule has 0 bridgehead atoms. The minimum Gasteiger partial charge on any atom is -0.492 e. The van der Waals surface area contributed by atoms with Crippen LogP contribution in [-0.2, 0) is 20.7 Å². The van der Waals surface area contributed by atoms with Gasteiger partial charge in [-0.25, -0.2) is 14.4 Å². The summed E-state index contributed by atoms with van der Waals surface area (Å²) in [5.74, 6) is -1.95. The van der Waals surface area contributed by atoms with E-state index >= 15 is 0 Å². The van der Waals surface area contributed by atoms with E-state index in [1.807, 2.05) is 51.2 Å². The molecule has 5 rings (SSSR count). The van der Waals surface area contributed by atoms with Crippen LogP contribution < -0.4 is 14.8 Å². The third-order valence-corrected chi connectivity index (χ3v) is 8.70. The van der Waals surface area contributed by atoms with Crippen LogP contribution in [0.1, 0.15) is 51.7 Å². The number of hydrogen-bond donors (Lipinski definition) is 3. The van der Waals surface area contributed by atoms with Crippen molar-refractivity contribution in [3.8, 4) is 21.9 Å². The Morgan fingerprint density at radius 2 is 1.48 bits per heavy atom. The molecule has 4 aromatic rings. The lowest BCUT2D eigenvalue weighted by atomic mass is 9.99. The van der Waals surface area contributed by atoms with Gasteiger partial charge in [-0.05, 0) is 125 Å². The summed E-state index contributed by atoms with van der Waals surface area (Å²) in [6.07, 6.45) is 3.02. The van der Waals surface area contributed by atoms with Gasteiger partial charge in [0.15, 0.2) is 0 Å². The van der Waals surface area contributed by atoms with Crippen LogP contribution in [0, 0.1) is 0 Å². The van der Waals surface area contributed by atoms with Crippen molar-refractivity contribution in [2.45, 2.75) is 58.6 Å². The molecule has 1 fully saturated rings. The van der Waals surface area contributed by atoms with E-state index in [1.54, 1.807) is 0 Å². The average molecular weight is 677 g/mol. The summed E-state index contributed by atoms with van der Waals surface area (Å²) in [5.41, 5.74) is 3.23. The highest BCUT2D eigenvalue weighted by atomic mass is 32.1. The summed E-state index contributed by atoms with van der Waals surface area (Å²) in [6, 6.07) is 25.2. The molecule has 2 heterocycles. The lowest BCUT2D eigenvalue weighted by Crippen LogP contribution is -2.40. The lowest BCUT2D eigenvalue weighted by Gasteiger charge is -2.22. The first-order valence-electron chi connectivity index (χ1n) is 16.0. The molecule has 11 heteroatoms. The minimum atomic E-state index is -1.82. The maximum atomic E-state index is 12.0. The molecule has 256 valence electrons. The number of carboxylic acids is 2. The van der Waals surface area contributed by atoms with E-state index in [-0.39, 0.29) is 6.04 Å². The van der Waals surface area contributed by atoms with Gasteiger partial charge in [0.2, 0.25) is 0 Å². The van der Waals surface area contributed by atoms with E-state index in [1.165, 1.54) is 57.6 Å². The number of carboxylic acid groups (broad SMARTS) is 2. The monoisotopic (exact) mass is 676 g/mol. The number of carbonyl (C=O) groups is 3. The van der Waals surface area contributed by atoms with Gasteiger partial charge >= 0.3 is 18.0 Å². The topological polar surface area (TPSA) is 135 Å². The number of likely N-dealkylation sites (tertiary alicyclic amines) is 1. The number of hydrogen-bond acceptors (Lipinski definition) is 8. The van der Waals surface area contributed by atoms with Crippen LogP contribution in [0.25, 0.3) is 20.5 Å². The zero-order valence-electron chi connectivity index (χ0n) is 27.9. The molecule has 10 nitrogen and oxygen atoms in total. The fraction of sp³-hybridized carbons (Fsp3) is 0.378. The van der Waals surface area contributed by atoms with Crippen molar-refractivity contribution in [2.24, 2.45) is 0 Å². The highest BCUT2D eigenvalue weighted by molar-refractivity contribution is 7.22. The number of nitrogens with zero attached hydrogens (tertiary/aromatic N) is 1. The van der Waals surface area contributed by atoms with Gasteiger partial charge in [0, 0.05) is 16.1 Å². The van der Waals surface area contributed by atoms with Crippen molar-refractivity contribution >= 4 is 39.5 Å². The van der Waals surface area contributed by atoms with Gasteiger partial charge in [0.25, 0.3) is 0 Å². The van der Waals surface area contributed by atoms with Crippen molar-refractivity contribution in [1.82, 2.24) is 10.2 Å². The van der Waals surface area contributed by atoms with Crippen LogP contribution in [0.3, 0.4) is 0 Å². The molecule has 0 spiro atoms. The summed E-state index contributed by atoms with van der Waals surface area (Å²) in [7, 11) is 0. The highest BCUT2D eigenvalue weighted by Crippen LogP contribution is 2.40. The predicted octanol–water partition coefficient (Wildman–Crippen LogP) is 7.08. The first-order valence-corrected chi connectivity index (χ1v) is 16.8. The molecule has 1 atom stereocenters. The third kappa shape index (κ3) is 11.3. The maximum Gasteiger partial charge on any atom is 0.414 e. The number of nitrogens with one attached hydrogen (secondary N) is 1. The summed E-state index contributed by atoms with van der Waals surface area (Å²) in [5, 5.41) is 18.9. The van der Waals surface area contributed by atoms with E-state index < -0.39 is 23.6 Å². The van der Waals surface area contributed by atoms with Gasteiger partial charge in [0.1, 0.15) is 30.3 Å². The molecular weight excluding hydrogens is 632 g/mol. The predicted molar refractivity (Wildman–Crippen MR) is 187 cm³/mol. The molecule has 1 aliphatic rings. The van der Waals surface area contributed by atoms with E-state index in [0.29, 0.717) is 6.61 Å².